The monoisotopic (exact) mass is 284 g/mol. The van der Waals surface area contributed by atoms with Crippen LogP contribution in [0.1, 0.15) is 30.6 Å². The Morgan fingerprint density at radius 1 is 1.53 bits per heavy atom. The number of anilines is 1. The molecule has 19 heavy (non-hydrogen) atoms. The van der Waals surface area contributed by atoms with Gasteiger partial charge in [0.15, 0.2) is 0 Å². The minimum absolute atomic E-state index is 0.0981. The van der Waals surface area contributed by atoms with E-state index < -0.39 is 6.10 Å². The van der Waals surface area contributed by atoms with Gasteiger partial charge in [-0.3, -0.25) is 4.79 Å². The average molecular weight is 285 g/mol. The van der Waals surface area contributed by atoms with Crippen molar-refractivity contribution in [3.8, 4) is 0 Å². The van der Waals surface area contributed by atoms with Gasteiger partial charge < -0.3 is 15.3 Å². The van der Waals surface area contributed by atoms with E-state index in [-0.39, 0.29) is 5.91 Å². The first kappa shape index (κ1) is 15.8. The predicted molar refractivity (Wildman–Crippen MR) is 78.9 cm³/mol. The van der Waals surface area contributed by atoms with Gasteiger partial charge in [-0.2, -0.15) is 0 Å². The standard InChI is InChI=1S/C14H21ClN2O2/c1-4-16-13-6-5-11(15)9-12(13)14(19)17(3)8-7-10(2)18/h5-6,9-10,16,18H,4,7-8H2,1-3H3. The summed E-state index contributed by atoms with van der Waals surface area (Å²) in [5.41, 5.74) is 1.34. The number of carbonyl (C=O) groups excluding carboxylic acids is 1. The fraction of sp³-hybridized carbons (Fsp3) is 0.500. The number of aliphatic hydroxyl groups is 1. The Labute approximate surface area is 119 Å². The van der Waals surface area contributed by atoms with E-state index in [2.05, 4.69) is 5.32 Å². The number of benzene rings is 1. The molecule has 4 nitrogen and oxygen atoms in total. The van der Waals surface area contributed by atoms with Gasteiger partial charge in [0.2, 0.25) is 0 Å². The van der Waals surface area contributed by atoms with E-state index in [4.69, 9.17) is 11.6 Å². The molecular formula is C14H21ClN2O2. The molecule has 2 N–H and O–H groups in total. The zero-order valence-corrected chi connectivity index (χ0v) is 12.4. The SMILES string of the molecule is CCNc1ccc(Cl)cc1C(=O)N(C)CCC(C)O. The van der Waals surface area contributed by atoms with Crippen LogP contribution >= 0.6 is 11.6 Å². The van der Waals surface area contributed by atoms with Crippen molar-refractivity contribution in [1.29, 1.82) is 0 Å². The number of aliphatic hydroxyl groups excluding tert-OH is 1. The number of amides is 1. The van der Waals surface area contributed by atoms with Crippen LogP contribution in [0, 0.1) is 0 Å². The fourth-order valence-corrected chi connectivity index (χ4v) is 1.90. The zero-order valence-electron chi connectivity index (χ0n) is 11.6. The molecule has 106 valence electrons. The molecule has 1 aromatic rings. The summed E-state index contributed by atoms with van der Waals surface area (Å²) in [6.45, 7) is 4.93. The van der Waals surface area contributed by atoms with E-state index in [1.54, 1.807) is 31.0 Å². The van der Waals surface area contributed by atoms with E-state index in [1.807, 2.05) is 13.0 Å². The Balaban J connectivity index is 2.87. The van der Waals surface area contributed by atoms with Gasteiger partial charge >= 0.3 is 0 Å². The summed E-state index contributed by atoms with van der Waals surface area (Å²) in [5.74, 6) is -0.0981. The number of hydrogen-bond donors (Lipinski definition) is 2. The molecule has 0 radical (unpaired) electrons. The number of halogens is 1. The first-order valence-corrected chi connectivity index (χ1v) is 6.80. The topological polar surface area (TPSA) is 52.6 Å². The Morgan fingerprint density at radius 3 is 2.79 bits per heavy atom. The molecule has 1 rings (SSSR count). The molecule has 5 heteroatoms. The maximum atomic E-state index is 12.4. The molecule has 0 saturated carbocycles. The van der Waals surface area contributed by atoms with Crippen LogP contribution in [0.4, 0.5) is 5.69 Å². The van der Waals surface area contributed by atoms with Crippen molar-refractivity contribution in [2.75, 3.05) is 25.5 Å². The highest BCUT2D eigenvalue weighted by molar-refractivity contribution is 6.31. The maximum absolute atomic E-state index is 12.4. The second kappa shape index (κ2) is 7.36. The lowest BCUT2D eigenvalue weighted by Gasteiger charge is -2.20. The van der Waals surface area contributed by atoms with Crippen molar-refractivity contribution in [3.05, 3.63) is 28.8 Å². The van der Waals surface area contributed by atoms with Crippen LogP contribution in [0.25, 0.3) is 0 Å². The van der Waals surface area contributed by atoms with Gasteiger partial charge in [-0.05, 0) is 38.5 Å². The summed E-state index contributed by atoms with van der Waals surface area (Å²) in [4.78, 5) is 13.9. The van der Waals surface area contributed by atoms with Crippen molar-refractivity contribution in [2.24, 2.45) is 0 Å². The minimum atomic E-state index is -0.414. The van der Waals surface area contributed by atoms with Crippen molar-refractivity contribution < 1.29 is 9.90 Å². The number of hydrogen-bond acceptors (Lipinski definition) is 3. The van der Waals surface area contributed by atoms with E-state index >= 15 is 0 Å². The lowest BCUT2D eigenvalue weighted by molar-refractivity contribution is 0.0770. The molecule has 1 aromatic carbocycles. The van der Waals surface area contributed by atoms with Gasteiger partial charge in [-0.1, -0.05) is 11.6 Å². The second-order valence-corrected chi connectivity index (χ2v) is 5.02. The van der Waals surface area contributed by atoms with E-state index in [0.29, 0.717) is 23.6 Å². The Kier molecular flexibility index (Phi) is 6.12. The van der Waals surface area contributed by atoms with Crippen LogP contribution in [0.5, 0.6) is 0 Å². The van der Waals surface area contributed by atoms with E-state index in [1.165, 1.54) is 0 Å². The third-order valence-electron chi connectivity index (χ3n) is 2.81. The van der Waals surface area contributed by atoms with Crippen LogP contribution in [-0.4, -0.2) is 42.2 Å². The van der Waals surface area contributed by atoms with Crippen LogP contribution in [0.2, 0.25) is 5.02 Å². The highest BCUT2D eigenvalue weighted by atomic mass is 35.5. The predicted octanol–water partition coefficient (Wildman–Crippen LogP) is 2.61. The molecule has 0 saturated heterocycles. The molecule has 1 atom stereocenters. The highest BCUT2D eigenvalue weighted by Gasteiger charge is 2.16. The molecule has 0 aliphatic heterocycles. The highest BCUT2D eigenvalue weighted by Crippen LogP contribution is 2.22. The smallest absolute Gasteiger partial charge is 0.255 e. The largest absolute Gasteiger partial charge is 0.393 e. The van der Waals surface area contributed by atoms with Crippen molar-refractivity contribution in [2.45, 2.75) is 26.4 Å². The van der Waals surface area contributed by atoms with Gasteiger partial charge in [-0.25, -0.2) is 0 Å². The molecule has 0 aliphatic carbocycles. The van der Waals surface area contributed by atoms with E-state index in [9.17, 15) is 9.90 Å². The summed E-state index contributed by atoms with van der Waals surface area (Å²) >= 11 is 5.95. The molecule has 1 amide bonds. The second-order valence-electron chi connectivity index (χ2n) is 4.58. The molecular weight excluding hydrogens is 264 g/mol. The maximum Gasteiger partial charge on any atom is 0.255 e. The van der Waals surface area contributed by atoms with Gasteiger partial charge in [-0.15, -0.1) is 0 Å². The Hall–Kier alpha value is -1.26. The molecule has 0 aliphatic rings. The van der Waals surface area contributed by atoms with E-state index in [0.717, 1.165) is 12.2 Å². The molecule has 0 bridgehead atoms. The Morgan fingerprint density at radius 2 is 2.21 bits per heavy atom. The normalized spacial score (nSPS) is 12.1. The number of rotatable bonds is 6. The summed E-state index contributed by atoms with van der Waals surface area (Å²) in [7, 11) is 1.72. The van der Waals surface area contributed by atoms with Crippen LogP contribution in [0.15, 0.2) is 18.2 Å². The van der Waals surface area contributed by atoms with Gasteiger partial charge in [0.05, 0.1) is 11.7 Å². The first-order chi connectivity index (χ1) is 8.95. The van der Waals surface area contributed by atoms with Gasteiger partial charge in [0.25, 0.3) is 5.91 Å². The summed E-state index contributed by atoms with van der Waals surface area (Å²) in [6, 6.07) is 5.23. The average Bonchev–Trinajstić information content (AvgIpc) is 2.37. The van der Waals surface area contributed by atoms with Crippen molar-refractivity contribution in [1.82, 2.24) is 4.90 Å². The van der Waals surface area contributed by atoms with Crippen molar-refractivity contribution in [3.63, 3.8) is 0 Å². The molecule has 1 unspecified atom stereocenters. The minimum Gasteiger partial charge on any atom is -0.393 e. The molecule has 0 aromatic heterocycles. The first-order valence-electron chi connectivity index (χ1n) is 6.42. The summed E-state index contributed by atoms with van der Waals surface area (Å²) in [5, 5.41) is 12.9. The lowest BCUT2D eigenvalue weighted by atomic mass is 10.1. The summed E-state index contributed by atoms with van der Waals surface area (Å²) in [6.07, 6.45) is 0.141. The molecule has 0 heterocycles. The number of nitrogens with one attached hydrogen (secondary N) is 1. The Bertz CT molecular complexity index is 435. The quantitative estimate of drug-likeness (QED) is 0.844. The lowest BCUT2D eigenvalue weighted by Crippen LogP contribution is -2.30. The van der Waals surface area contributed by atoms with Gasteiger partial charge in [0.1, 0.15) is 0 Å². The molecule has 0 fully saturated rings. The van der Waals surface area contributed by atoms with Crippen molar-refractivity contribution >= 4 is 23.2 Å². The van der Waals surface area contributed by atoms with Crippen LogP contribution in [0.3, 0.4) is 0 Å². The van der Waals surface area contributed by atoms with Crippen LogP contribution < -0.4 is 5.32 Å². The van der Waals surface area contributed by atoms with Gasteiger partial charge in [0, 0.05) is 30.8 Å². The third kappa shape index (κ3) is 4.73. The zero-order chi connectivity index (χ0) is 14.4. The number of carbonyl (C=O) groups is 1. The third-order valence-corrected chi connectivity index (χ3v) is 3.04. The number of nitrogens with zero attached hydrogens (tertiary/aromatic N) is 1. The van der Waals surface area contributed by atoms with Crippen LogP contribution in [-0.2, 0) is 0 Å². The molecule has 0 spiro atoms. The fourth-order valence-electron chi connectivity index (χ4n) is 1.73. The summed E-state index contributed by atoms with van der Waals surface area (Å²) < 4.78 is 0.